The standard InChI is InChI=1S/C25H25F2N5O3/c1-3-16-12-18(15(2)29-20-7-5-4-6-17(20)24(34)35)22-30-21(19(13-28)23(33)32(22)14-16)31-10-8-25(26,27)9-11-31/h4-7,12,14-15,29H,3,8-11H2,1-2H3,(H,34,35). The quantitative estimate of drug-likeness (QED) is 0.542. The maximum absolute atomic E-state index is 13.7. The molecule has 0 spiro atoms. The van der Waals surface area contributed by atoms with E-state index in [0.29, 0.717) is 17.7 Å². The molecule has 182 valence electrons. The Morgan fingerprint density at radius 2 is 2.00 bits per heavy atom. The summed E-state index contributed by atoms with van der Waals surface area (Å²) in [5, 5.41) is 22.5. The van der Waals surface area contributed by atoms with Crippen molar-refractivity contribution >= 4 is 23.1 Å². The van der Waals surface area contributed by atoms with E-state index in [-0.39, 0.29) is 48.5 Å². The monoisotopic (exact) mass is 481 g/mol. The summed E-state index contributed by atoms with van der Waals surface area (Å²) in [4.78, 5) is 31.2. The van der Waals surface area contributed by atoms with Crippen molar-refractivity contribution in [2.45, 2.75) is 45.1 Å². The number of hydrogen-bond donors (Lipinski definition) is 2. The Hall–Kier alpha value is -4.00. The van der Waals surface area contributed by atoms with Gasteiger partial charge in [0.15, 0.2) is 11.4 Å². The van der Waals surface area contributed by atoms with Crippen LogP contribution in [0.4, 0.5) is 20.3 Å². The third-order valence-electron chi connectivity index (χ3n) is 6.30. The normalized spacial score (nSPS) is 16.0. The number of nitrogens with one attached hydrogen (secondary N) is 1. The first-order chi connectivity index (χ1) is 16.6. The molecule has 35 heavy (non-hydrogen) atoms. The van der Waals surface area contributed by atoms with Crippen LogP contribution in [0.25, 0.3) is 5.65 Å². The van der Waals surface area contributed by atoms with Crippen LogP contribution in [0.1, 0.15) is 59.8 Å². The minimum absolute atomic E-state index is 0.0214. The number of halogens is 2. The van der Waals surface area contributed by atoms with Crippen LogP contribution < -0.4 is 15.8 Å². The molecule has 1 fully saturated rings. The highest BCUT2D eigenvalue weighted by atomic mass is 19.3. The van der Waals surface area contributed by atoms with E-state index in [1.54, 1.807) is 29.3 Å². The number of piperidine rings is 1. The van der Waals surface area contributed by atoms with Crippen molar-refractivity contribution in [1.82, 2.24) is 9.38 Å². The number of pyridine rings is 1. The minimum atomic E-state index is -2.79. The van der Waals surface area contributed by atoms with E-state index in [4.69, 9.17) is 0 Å². The molecule has 0 saturated carbocycles. The average molecular weight is 482 g/mol. The number of anilines is 2. The Balaban J connectivity index is 1.86. The van der Waals surface area contributed by atoms with Crippen LogP contribution in [-0.2, 0) is 6.42 Å². The lowest BCUT2D eigenvalue weighted by molar-refractivity contribution is -0.0221. The van der Waals surface area contributed by atoms with E-state index >= 15 is 0 Å². The van der Waals surface area contributed by atoms with Gasteiger partial charge in [-0.3, -0.25) is 9.20 Å². The summed E-state index contributed by atoms with van der Waals surface area (Å²) >= 11 is 0. The number of aromatic carboxylic acids is 1. The summed E-state index contributed by atoms with van der Waals surface area (Å²) in [7, 11) is 0. The number of aromatic nitrogens is 2. The zero-order valence-electron chi connectivity index (χ0n) is 19.4. The van der Waals surface area contributed by atoms with E-state index in [9.17, 15) is 28.7 Å². The summed E-state index contributed by atoms with van der Waals surface area (Å²) in [5.41, 5.74) is 1.47. The first kappa shape index (κ1) is 24.1. The highest BCUT2D eigenvalue weighted by Crippen LogP contribution is 2.32. The number of benzene rings is 1. The van der Waals surface area contributed by atoms with Gasteiger partial charge < -0.3 is 15.3 Å². The molecular weight excluding hydrogens is 456 g/mol. The summed E-state index contributed by atoms with van der Waals surface area (Å²) in [6.45, 7) is 3.70. The molecular formula is C25H25F2N5O3. The van der Waals surface area contributed by atoms with Gasteiger partial charge in [0.05, 0.1) is 11.6 Å². The number of carboxylic acids is 1. The zero-order chi connectivity index (χ0) is 25.3. The highest BCUT2D eigenvalue weighted by molar-refractivity contribution is 5.94. The number of carbonyl (C=O) groups is 1. The number of nitrogens with zero attached hydrogens (tertiary/aromatic N) is 4. The number of aryl methyl sites for hydroxylation is 1. The maximum atomic E-state index is 13.7. The number of rotatable bonds is 6. The number of hydrogen-bond acceptors (Lipinski definition) is 6. The van der Waals surface area contributed by atoms with Crippen LogP contribution in [0, 0.1) is 11.3 Å². The Kier molecular flexibility index (Phi) is 6.43. The van der Waals surface area contributed by atoms with Crippen LogP contribution in [0.3, 0.4) is 0 Å². The maximum Gasteiger partial charge on any atom is 0.337 e. The van der Waals surface area contributed by atoms with Gasteiger partial charge >= 0.3 is 5.97 Å². The van der Waals surface area contributed by atoms with Crippen molar-refractivity contribution in [3.63, 3.8) is 0 Å². The van der Waals surface area contributed by atoms with Gasteiger partial charge in [-0.2, -0.15) is 5.26 Å². The number of nitriles is 1. The molecule has 2 aromatic heterocycles. The lowest BCUT2D eigenvalue weighted by Crippen LogP contribution is -2.41. The van der Waals surface area contributed by atoms with E-state index in [1.807, 2.05) is 26.0 Å². The van der Waals surface area contributed by atoms with Crippen LogP contribution in [-0.4, -0.2) is 39.5 Å². The molecule has 3 aromatic rings. The molecule has 1 aliphatic heterocycles. The van der Waals surface area contributed by atoms with Crippen LogP contribution >= 0.6 is 0 Å². The Morgan fingerprint density at radius 1 is 1.31 bits per heavy atom. The number of alkyl halides is 2. The van der Waals surface area contributed by atoms with Crippen molar-refractivity contribution < 1.29 is 18.7 Å². The first-order valence-corrected chi connectivity index (χ1v) is 11.4. The molecule has 4 rings (SSSR count). The van der Waals surface area contributed by atoms with E-state index in [2.05, 4.69) is 10.3 Å². The molecule has 10 heteroatoms. The second-order valence-corrected chi connectivity index (χ2v) is 8.64. The van der Waals surface area contributed by atoms with Crippen LogP contribution in [0.2, 0.25) is 0 Å². The summed E-state index contributed by atoms with van der Waals surface area (Å²) < 4.78 is 28.8. The second kappa shape index (κ2) is 9.33. The molecule has 1 atom stereocenters. The van der Waals surface area contributed by atoms with Gasteiger partial charge in [-0.25, -0.2) is 18.6 Å². The van der Waals surface area contributed by atoms with E-state index < -0.39 is 23.5 Å². The van der Waals surface area contributed by atoms with Gasteiger partial charge in [-0.15, -0.1) is 0 Å². The summed E-state index contributed by atoms with van der Waals surface area (Å²) in [6, 6.07) is 9.82. The van der Waals surface area contributed by atoms with Crippen molar-refractivity contribution in [3.8, 4) is 6.07 Å². The number of fused-ring (bicyclic) bond motifs is 1. The first-order valence-electron chi connectivity index (χ1n) is 11.4. The predicted molar refractivity (Wildman–Crippen MR) is 127 cm³/mol. The minimum Gasteiger partial charge on any atom is -0.478 e. The molecule has 1 unspecified atom stereocenters. The molecule has 3 heterocycles. The lowest BCUT2D eigenvalue weighted by Gasteiger charge is -2.33. The Morgan fingerprint density at radius 3 is 2.63 bits per heavy atom. The molecule has 1 saturated heterocycles. The molecule has 2 N–H and O–H groups in total. The molecule has 0 aliphatic carbocycles. The van der Waals surface area contributed by atoms with Gasteiger partial charge in [-0.05, 0) is 37.1 Å². The molecule has 8 nitrogen and oxygen atoms in total. The van der Waals surface area contributed by atoms with Crippen molar-refractivity contribution in [1.29, 1.82) is 5.26 Å². The fourth-order valence-corrected chi connectivity index (χ4v) is 4.30. The van der Waals surface area contributed by atoms with Gasteiger partial charge in [0.2, 0.25) is 0 Å². The third-order valence-corrected chi connectivity index (χ3v) is 6.30. The number of para-hydroxylation sites is 1. The van der Waals surface area contributed by atoms with Gasteiger partial charge in [-0.1, -0.05) is 19.1 Å². The van der Waals surface area contributed by atoms with Crippen molar-refractivity contribution in [3.05, 3.63) is 69.1 Å². The molecule has 0 radical (unpaired) electrons. The number of carboxylic acid groups (broad SMARTS) is 1. The zero-order valence-corrected chi connectivity index (χ0v) is 19.4. The molecule has 1 aromatic carbocycles. The molecule has 0 amide bonds. The Labute approximate surface area is 200 Å². The lowest BCUT2D eigenvalue weighted by atomic mass is 10.0. The SMILES string of the molecule is CCc1cc(C(C)Nc2ccccc2C(=O)O)c2nc(N3CCC(F)(F)CC3)c(C#N)c(=O)n2c1. The largest absolute Gasteiger partial charge is 0.478 e. The third kappa shape index (κ3) is 4.67. The second-order valence-electron chi connectivity index (χ2n) is 8.64. The van der Waals surface area contributed by atoms with Crippen molar-refractivity contribution in [2.24, 2.45) is 0 Å². The molecule has 1 aliphatic rings. The van der Waals surface area contributed by atoms with Crippen LogP contribution in [0.5, 0.6) is 0 Å². The van der Waals surface area contributed by atoms with E-state index in [0.717, 1.165) is 5.56 Å². The van der Waals surface area contributed by atoms with Gasteiger partial charge in [0.1, 0.15) is 11.7 Å². The molecule has 0 bridgehead atoms. The van der Waals surface area contributed by atoms with Gasteiger partial charge in [0.25, 0.3) is 11.5 Å². The predicted octanol–water partition coefficient (Wildman–Crippen LogP) is 4.24. The van der Waals surface area contributed by atoms with E-state index in [1.165, 1.54) is 10.5 Å². The fraction of sp³-hybridized carbons (Fsp3) is 0.360. The van der Waals surface area contributed by atoms with Crippen LogP contribution in [0.15, 0.2) is 41.3 Å². The smallest absolute Gasteiger partial charge is 0.337 e. The fourth-order valence-electron chi connectivity index (χ4n) is 4.30. The Bertz CT molecular complexity index is 1390. The highest BCUT2D eigenvalue weighted by Gasteiger charge is 2.35. The summed E-state index contributed by atoms with van der Waals surface area (Å²) in [6.07, 6.45) is 1.47. The summed E-state index contributed by atoms with van der Waals surface area (Å²) in [5.74, 6) is -3.77. The average Bonchev–Trinajstić information content (AvgIpc) is 2.83. The van der Waals surface area contributed by atoms with Gasteiger partial charge in [0, 0.05) is 43.4 Å². The van der Waals surface area contributed by atoms with Crippen molar-refractivity contribution in [2.75, 3.05) is 23.3 Å². The topological polar surface area (TPSA) is 111 Å².